The quantitative estimate of drug-likeness (QED) is 0.318. The summed E-state index contributed by atoms with van der Waals surface area (Å²) in [5, 5.41) is 9.45. The Morgan fingerprint density at radius 3 is 2.23 bits per heavy atom. The van der Waals surface area contributed by atoms with Crippen LogP contribution in [0.2, 0.25) is 0 Å². The number of hydrogen-bond acceptors (Lipinski definition) is 3. The Balaban J connectivity index is 1.66. The Labute approximate surface area is 179 Å². The maximum absolute atomic E-state index is 14.2. The lowest BCUT2D eigenvalue weighted by atomic mass is 10.0. The third kappa shape index (κ3) is 5.47. The second-order valence-electron chi connectivity index (χ2n) is 7.01. The van der Waals surface area contributed by atoms with E-state index in [-0.39, 0.29) is 23.7 Å². The smallest absolute Gasteiger partial charge is 0.201 e. The molecule has 0 heterocycles. The van der Waals surface area contributed by atoms with Crippen LogP contribution in [0.4, 0.5) is 13.2 Å². The molecule has 0 aliphatic carbocycles. The number of halogens is 3. The number of hydrogen-bond donors (Lipinski definition) is 1. The van der Waals surface area contributed by atoms with E-state index < -0.39 is 23.6 Å². The average Bonchev–Trinajstić information content (AvgIpc) is 2.76. The van der Waals surface area contributed by atoms with Gasteiger partial charge < -0.3 is 14.6 Å². The van der Waals surface area contributed by atoms with E-state index >= 15 is 0 Å². The molecule has 0 aromatic heterocycles. The van der Waals surface area contributed by atoms with E-state index in [9.17, 15) is 18.3 Å². The molecule has 3 rings (SSSR count). The van der Waals surface area contributed by atoms with Gasteiger partial charge in [0, 0.05) is 5.56 Å². The first-order valence-corrected chi connectivity index (χ1v) is 9.82. The highest BCUT2D eigenvalue weighted by Gasteiger charge is 2.17. The van der Waals surface area contributed by atoms with Gasteiger partial charge in [0.25, 0.3) is 0 Å². The maximum Gasteiger partial charge on any atom is 0.201 e. The molecule has 3 aromatic carbocycles. The fourth-order valence-electron chi connectivity index (χ4n) is 2.98. The van der Waals surface area contributed by atoms with Gasteiger partial charge in [0.2, 0.25) is 5.82 Å². The fraction of sp³-hybridized carbons (Fsp3) is 0.200. The molecular weight excluding hydrogens is 405 g/mol. The molecule has 0 saturated carbocycles. The van der Waals surface area contributed by atoms with Gasteiger partial charge in [-0.05, 0) is 54.3 Å². The highest BCUT2D eigenvalue weighted by atomic mass is 19.2. The second-order valence-corrected chi connectivity index (χ2v) is 7.01. The zero-order valence-electron chi connectivity index (χ0n) is 17.1. The summed E-state index contributed by atoms with van der Waals surface area (Å²) in [6, 6.07) is 14.4. The molecule has 0 amide bonds. The monoisotopic (exact) mass is 428 g/mol. The van der Waals surface area contributed by atoms with E-state index in [4.69, 9.17) is 9.47 Å². The number of aliphatic hydroxyl groups is 1. The van der Waals surface area contributed by atoms with Crippen molar-refractivity contribution in [3.63, 3.8) is 0 Å². The summed E-state index contributed by atoms with van der Waals surface area (Å²) in [6.07, 6.45) is 1.22. The van der Waals surface area contributed by atoms with Crippen LogP contribution in [0.15, 0.2) is 67.3 Å². The molecule has 6 heteroatoms. The summed E-state index contributed by atoms with van der Waals surface area (Å²) < 4.78 is 53.1. The predicted molar refractivity (Wildman–Crippen MR) is 113 cm³/mol. The van der Waals surface area contributed by atoms with Gasteiger partial charge in [-0.15, -0.1) is 6.58 Å². The van der Waals surface area contributed by atoms with E-state index in [0.717, 1.165) is 11.1 Å². The summed E-state index contributed by atoms with van der Waals surface area (Å²) in [5.41, 5.74) is 2.08. The Kier molecular flexibility index (Phi) is 7.36. The SMILES string of the molecule is C=CCCOc1ccc(-c2ccc(COc3ccc(C(C)O)c(F)c3F)cc2)cc1F. The van der Waals surface area contributed by atoms with Crippen LogP contribution in [0.5, 0.6) is 11.5 Å². The van der Waals surface area contributed by atoms with E-state index in [1.54, 1.807) is 42.5 Å². The summed E-state index contributed by atoms with van der Waals surface area (Å²) in [5.74, 6) is -2.76. The first kappa shape index (κ1) is 22.4. The van der Waals surface area contributed by atoms with Crippen molar-refractivity contribution in [1.29, 1.82) is 0 Å². The Morgan fingerprint density at radius 2 is 1.58 bits per heavy atom. The zero-order chi connectivity index (χ0) is 22.4. The van der Waals surface area contributed by atoms with E-state index in [2.05, 4.69) is 6.58 Å². The van der Waals surface area contributed by atoms with Crippen molar-refractivity contribution < 1.29 is 27.8 Å². The summed E-state index contributed by atoms with van der Waals surface area (Å²) in [6.45, 7) is 5.34. The van der Waals surface area contributed by atoms with Crippen molar-refractivity contribution in [2.45, 2.75) is 26.1 Å². The van der Waals surface area contributed by atoms with Crippen LogP contribution in [0.25, 0.3) is 11.1 Å². The van der Waals surface area contributed by atoms with E-state index in [0.29, 0.717) is 18.6 Å². The van der Waals surface area contributed by atoms with Crippen molar-refractivity contribution in [2.75, 3.05) is 6.61 Å². The largest absolute Gasteiger partial charge is 0.490 e. The molecule has 0 saturated heterocycles. The van der Waals surface area contributed by atoms with Gasteiger partial charge in [-0.25, -0.2) is 8.78 Å². The first-order valence-electron chi connectivity index (χ1n) is 9.82. The Bertz CT molecular complexity index is 1050. The van der Waals surface area contributed by atoms with Crippen LogP contribution in [0.1, 0.15) is 30.6 Å². The van der Waals surface area contributed by atoms with Gasteiger partial charge in [-0.1, -0.05) is 36.4 Å². The third-order valence-electron chi connectivity index (χ3n) is 4.72. The van der Waals surface area contributed by atoms with Crippen LogP contribution in [-0.4, -0.2) is 11.7 Å². The van der Waals surface area contributed by atoms with Gasteiger partial charge in [-0.3, -0.25) is 0 Å². The minimum atomic E-state index is -1.14. The number of aliphatic hydroxyl groups excluding tert-OH is 1. The molecule has 1 N–H and O–H groups in total. The van der Waals surface area contributed by atoms with Gasteiger partial charge >= 0.3 is 0 Å². The highest BCUT2D eigenvalue weighted by Crippen LogP contribution is 2.28. The molecule has 0 fully saturated rings. The van der Waals surface area contributed by atoms with Crippen molar-refractivity contribution in [3.05, 3.63) is 95.8 Å². The molecule has 31 heavy (non-hydrogen) atoms. The molecule has 3 aromatic rings. The van der Waals surface area contributed by atoms with Gasteiger partial charge in [-0.2, -0.15) is 4.39 Å². The summed E-state index contributed by atoms with van der Waals surface area (Å²) in [4.78, 5) is 0. The third-order valence-corrected chi connectivity index (χ3v) is 4.72. The molecule has 0 aliphatic rings. The molecular formula is C25H23F3O3. The first-order chi connectivity index (χ1) is 14.9. The lowest BCUT2D eigenvalue weighted by Gasteiger charge is -2.12. The molecule has 162 valence electrons. The zero-order valence-corrected chi connectivity index (χ0v) is 17.1. The Morgan fingerprint density at radius 1 is 0.903 bits per heavy atom. The van der Waals surface area contributed by atoms with Crippen LogP contribution in [0, 0.1) is 17.5 Å². The molecule has 3 nitrogen and oxygen atoms in total. The minimum Gasteiger partial charge on any atom is -0.490 e. The van der Waals surface area contributed by atoms with Crippen LogP contribution in [-0.2, 0) is 6.61 Å². The highest BCUT2D eigenvalue weighted by molar-refractivity contribution is 5.64. The Hall–Kier alpha value is -3.25. The normalized spacial score (nSPS) is 11.8. The number of benzene rings is 3. The molecule has 1 atom stereocenters. The maximum atomic E-state index is 14.2. The van der Waals surface area contributed by atoms with Crippen molar-refractivity contribution in [3.8, 4) is 22.6 Å². The van der Waals surface area contributed by atoms with Gasteiger partial charge in [0.1, 0.15) is 6.61 Å². The molecule has 0 spiro atoms. The lowest BCUT2D eigenvalue weighted by Crippen LogP contribution is -2.03. The van der Waals surface area contributed by atoms with Crippen LogP contribution < -0.4 is 9.47 Å². The molecule has 1 unspecified atom stereocenters. The lowest BCUT2D eigenvalue weighted by molar-refractivity contribution is 0.191. The molecule has 0 aliphatic heterocycles. The van der Waals surface area contributed by atoms with Crippen molar-refractivity contribution >= 4 is 0 Å². The minimum absolute atomic E-state index is 0.0229. The fourth-order valence-corrected chi connectivity index (χ4v) is 2.98. The summed E-state index contributed by atoms with van der Waals surface area (Å²) in [7, 11) is 0. The van der Waals surface area contributed by atoms with E-state index in [1.165, 1.54) is 25.1 Å². The second kappa shape index (κ2) is 10.2. The van der Waals surface area contributed by atoms with Crippen molar-refractivity contribution in [1.82, 2.24) is 0 Å². The van der Waals surface area contributed by atoms with Crippen LogP contribution >= 0.6 is 0 Å². The average molecular weight is 428 g/mol. The predicted octanol–water partition coefficient (Wildman–Crippen LogP) is 6.36. The van der Waals surface area contributed by atoms with E-state index in [1.807, 2.05) is 0 Å². The summed E-state index contributed by atoms with van der Waals surface area (Å²) >= 11 is 0. The van der Waals surface area contributed by atoms with Crippen LogP contribution in [0.3, 0.4) is 0 Å². The van der Waals surface area contributed by atoms with Crippen molar-refractivity contribution in [2.24, 2.45) is 0 Å². The number of ether oxygens (including phenoxy) is 2. The topological polar surface area (TPSA) is 38.7 Å². The van der Waals surface area contributed by atoms with Gasteiger partial charge in [0.05, 0.1) is 12.7 Å². The van der Waals surface area contributed by atoms with Gasteiger partial charge in [0.15, 0.2) is 23.1 Å². The molecule has 0 bridgehead atoms. The standard InChI is InChI=1S/C25H23F3O3/c1-3-4-13-30-22-11-9-19(14-21(22)26)18-7-5-17(6-8-18)15-31-23-12-10-20(16(2)29)24(27)25(23)28/h3,5-12,14,16,29H,1,4,13,15H2,2H3. The molecule has 0 radical (unpaired) electrons. The number of rotatable bonds is 9.